The summed E-state index contributed by atoms with van der Waals surface area (Å²) in [6, 6.07) is 0. The van der Waals surface area contributed by atoms with E-state index in [1.165, 1.54) is 0 Å². The van der Waals surface area contributed by atoms with E-state index in [1.54, 1.807) is 33.2 Å². The molecule has 0 spiro atoms. The molecule has 0 radical (unpaired) electrons. The predicted octanol–water partition coefficient (Wildman–Crippen LogP) is 0.888. The van der Waals surface area contributed by atoms with Crippen molar-refractivity contribution in [3.8, 4) is 11.8 Å². The molecule has 0 aliphatic carbocycles. The van der Waals surface area contributed by atoms with Gasteiger partial charge in [-0.15, -0.1) is 0 Å². The van der Waals surface area contributed by atoms with Crippen LogP contribution in [0.2, 0.25) is 0 Å². The topological polar surface area (TPSA) is 50.7 Å². The third-order valence-corrected chi connectivity index (χ3v) is 2.12. The molecular formula is C12H16N2O2. The highest BCUT2D eigenvalue weighted by atomic mass is 16.5. The van der Waals surface area contributed by atoms with Crippen LogP contribution in [0.5, 0.6) is 0 Å². The average molecular weight is 220 g/mol. The van der Waals surface area contributed by atoms with Crippen LogP contribution in [0.25, 0.3) is 0 Å². The van der Waals surface area contributed by atoms with Gasteiger partial charge in [-0.1, -0.05) is 11.8 Å². The maximum atomic E-state index is 11.5. The first-order valence-corrected chi connectivity index (χ1v) is 5.08. The Morgan fingerprint density at radius 3 is 2.94 bits per heavy atom. The van der Waals surface area contributed by atoms with Gasteiger partial charge in [0.2, 0.25) is 0 Å². The first kappa shape index (κ1) is 12.5. The number of aliphatic imine (C=N–C) groups is 1. The first-order chi connectivity index (χ1) is 7.45. The molecule has 1 N–H and O–H groups in total. The molecule has 1 aliphatic rings. The molecule has 0 aromatic rings. The number of nitrogens with one attached hydrogen (secondary N) is 1. The lowest BCUT2D eigenvalue weighted by Gasteiger charge is -2.24. The van der Waals surface area contributed by atoms with Crippen molar-refractivity contribution in [3.05, 3.63) is 11.8 Å². The Balaban J connectivity index is 2.72. The maximum absolute atomic E-state index is 11.5. The summed E-state index contributed by atoms with van der Waals surface area (Å²) in [7, 11) is 1.58. The number of ether oxygens (including phenoxy) is 1. The number of carbonyl (C=O) groups excluding carboxylic acids is 1. The largest absolute Gasteiger partial charge is 0.357 e. The average Bonchev–Trinajstić information content (AvgIpc) is 2.42. The molecule has 0 aromatic heterocycles. The molecule has 1 unspecified atom stereocenters. The molecule has 86 valence electrons. The van der Waals surface area contributed by atoms with E-state index in [0.717, 1.165) is 5.70 Å². The number of carbonyl (C=O) groups is 1. The van der Waals surface area contributed by atoms with Crippen molar-refractivity contribution >= 4 is 12.1 Å². The molecule has 0 saturated carbocycles. The Bertz CT molecular complexity index is 397. The van der Waals surface area contributed by atoms with Crippen molar-refractivity contribution < 1.29 is 9.53 Å². The van der Waals surface area contributed by atoms with Crippen LogP contribution in [-0.4, -0.2) is 30.9 Å². The van der Waals surface area contributed by atoms with E-state index in [0.29, 0.717) is 0 Å². The zero-order valence-corrected chi connectivity index (χ0v) is 10.00. The highest BCUT2D eigenvalue weighted by Crippen LogP contribution is 2.12. The van der Waals surface area contributed by atoms with Crippen molar-refractivity contribution in [2.75, 3.05) is 7.05 Å². The fraction of sp³-hybridized carbons (Fsp3) is 0.500. The SMILES string of the molecule is CNC(=O)C(C)(C)OC1C#CC=C(C)N=C1. The second-order valence-electron chi connectivity index (χ2n) is 3.98. The van der Waals surface area contributed by atoms with Crippen molar-refractivity contribution in [1.82, 2.24) is 5.32 Å². The van der Waals surface area contributed by atoms with Gasteiger partial charge < -0.3 is 10.1 Å². The third-order valence-electron chi connectivity index (χ3n) is 2.12. The second kappa shape index (κ2) is 4.95. The lowest BCUT2D eigenvalue weighted by Crippen LogP contribution is -2.45. The van der Waals surface area contributed by atoms with Crippen molar-refractivity contribution in [3.63, 3.8) is 0 Å². The van der Waals surface area contributed by atoms with Gasteiger partial charge in [0.1, 0.15) is 5.60 Å². The van der Waals surface area contributed by atoms with Crippen molar-refractivity contribution in [2.45, 2.75) is 32.5 Å². The summed E-state index contributed by atoms with van der Waals surface area (Å²) in [5.41, 5.74) is -0.0883. The molecule has 1 rings (SSSR count). The zero-order chi connectivity index (χ0) is 12.2. The molecule has 1 heterocycles. The summed E-state index contributed by atoms with van der Waals surface area (Å²) >= 11 is 0. The van der Waals surface area contributed by atoms with E-state index in [2.05, 4.69) is 22.2 Å². The molecule has 0 saturated heterocycles. The molecule has 1 amide bonds. The van der Waals surface area contributed by atoms with E-state index in [-0.39, 0.29) is 5.91 Å². The Kier molecular flexibility index (Phi) is 3.86. The standard InChI is InChI=1S/C12H16N2O2/c1-9-6-5-7-10(8-14-9)16-12(2,3)11(15)13-4/h6,8,10H,1-4H3,(H,13,15). The van der Waals surface area contributed by atoms with Gasteiger partial charge in [0, 0.05) is 25.0 Å². The van der Waals surface area contributed by atoms with Gasteiger partial charge in [0.25, 0.3) is 5.91 Å². The number of hydrogen-bond acceptors (Lipinski definition) is 3. The van der Waals surface area contributed by atoms with Gasteiger partial charge in [-0.2, -0.15) is 0 Å². The van der Waals surface area contributed by atoms with Crippen LogP contribution < -0.4 is 5.32 Å². The number of hydrogen-bond donors (Lipinski definition) is 1. The van der Waals surface area contributed by atoms with Gasteiger partial charge in [-0.05, 0) is 20.8 Å². The van der Waals surface area contributed by atoms with Gasteiger partial charge in [0.15, 0.2) is 6.10 Å². The minimum Gasteiger partial charge on any atom is -0.357 e. The quantitative estimate of drug-likeness (QED) is 0.718. The smallest absolute Gasteiger partial charge is 0.251 e. The second-order valence-corrected chi connectivity index (χ2v) is 3.98. The number of amides is 1. The summed E-state index contributed by atoms with van der Waals surface area (Å²) in [6.07, 6.45) is 2.87. The third kappa shape index (κ3) is 3.21. The number of rotatable bonds is 3. The molecule has 4 nitrogen and oxygen atoms in total. The highest BCUT2D eigenvalue weighted by Gasteiger charge is 2.30. The monoisotopic (exact) mass is 220 g/mol. The van der Waals surface area contributed by atoms with Crippen LogP contribution in [-0.2, 0) is 9.53 Å². The van der Waals surface area contributed by atoms with E-state index in [1.807, 2.05) is 6.92 Å². The molecule has 0 aromatic carbocycles. The van der Waals surface area contributed by atoms with Crippen molar-refractivity contribution in [2.24, 2.45) is 4.99 Å². The Labute approximate surface area is 95.8 Å². The number of allylic oxidation sites excluding steroid dienone is 2. The van der Waals surface area contributed by atoms with Gasteiger partial charge >= 0.3 is 0 Å². The fourth-order valence-electron chi connectivity index (χ4n) is 1.22. The van der Waals surface area contributed by atoms with Gasteiger partial charge in [0.05, 0.1) is 0 Å². The molecule has 0 bridgehead atoms. The van der Waals surface area contributed by atoms with E-state index in [4.69, 9.17) is 4.74 Å². The van der Waals surface area contributed by atoms with Crippen LogP contribution in [0.1, 0.15) is 20.8 Å². The normalized spacial score (nSPS) is 19.2. The highest BCUT2D eigenvalue weighted by molar-refractivity contribution is 5.84. The Morgan fingerprint density at radius 1 is 1.62 bits per heavy atom. The first-order valence-electron chi connectivity index (χ1n) is 5.08. The van der Waals surface area contributed by atoms with Gasteiger partial charge in [-0.3, -0.25) is 9.79 Å². The fourth-order valence-corrected chi connectivity index (χ4v) is 1.22. The lowest BCUT2D eigenvalue weighted by molar-refractivity contribution is -0.142. The molecule has 1 aliphatic heterocycles. The van der Waals surface area contributed by atoms with Crippen LogP contribution in [0.3, 0.4) is 0 Å². The van der Waals surface area contributed by atoms with Crippen LogP contribution in [0, 0.1) is 11.8 Å². The van der Waals surface area contributed by atoms with Crippen molar-refractivity contribution in [1.29, 1.82) is 0 Å². The summed E-state index contributed by atoms with van der Waals surface area (Å²) in [5.74, 6) is 5.52. The summed E-state index contributed by atoms with van der Waals surface area (Å²) < 4.78 is 5.59. The van der Waals surface area contributed by atoms with Crippen LogP contribution >= 0.6 is 0 Å². The summed E-state index contributed by atoms with van der Waals surface area (Å²) in [5, 5.41) is 2.55. The molecule has 16 heavy (non-hydrogen) atoms. The van der Waals surface area contributed by atoms with Crippen LogP contribution in [0.15, 0.2) is 16.8 Å². The molecular weight excluding hydrogens is 204 g/mol. The van der Waals surface area contributed by atoms with Gasteiger partial charge in [-0.25, -0.2) is 0 Å². The maximum Gasteiger partial charge on any atom is 0.251 e. The molecule has 4 heteroatoms. The van der Waals surface area contributed by atoms with E-state index in [9.17, 15) is 4.79 Å². The summed E-state index contributed by atoms with van der Waals surface area (Å²) in [4.78, 5) is 15.6. The molecule has 0 fully saturated rings. The number of likely N-dealkylation sites (N-methyl/N-ethyl adjacent to an activating group) is 1. The minimum absolute atomic E-state index is 0.184. The van der Waals surface area contributed by atoms with Crippen LogP contribution in [0.4, 0.5) is 0 Å². The summed E-state index contributed by atoms with van der Waals surface area (Å²) in [6.45, 7) is 5.26. The lowest BCUT2D eigenvalue weighted by atomic mass is 10.1. The Hall–Kier alpha value is -1.60. The Morgan fingerprint density at radius 2 is 2.31 bits per heavy atom. The van der Waals surface area contributed by atoms with E-state index >= 15 is 0 Å². The molecule has 1 atom stereocenters. The number of nitrogens with zero attached hydrogens (tertiary/aromatic N) is 1. The minimum atomic E-state index is -0.918. The van der Waals surface area contributed by atoms with E-state index < -0.39 is 11.7 Å². The zero-order valence-electron chi connectivity index (χ0n) is 10.00. The predicted molar refractivity (Wildman–Crippen MR) is 63.0 cm³/mol.